The van der Waals surface area contributed by atoms with Gasteiger partial charge in [0.1, 0.15) is 0 Å². The first-order chi connectivity index (χ1) is 5.66. The molecule has 0 aromatic heterocycles. The Kier molecular flexibility index (Phi) is 3.13. The van der Waals surface area contributed by atoms with Gasteiger partial charge in [-0.25, -0.2) is 0 Å². The van der Waals surface area contributed by atoms with Gasteiger partial charge < -0.3 is 10.9 Å². The third-order valence-electron chi connectivity index (χ3n) is 3.21. The zero-order valence-corrected chi connectivity index (χ0v) is 10.6. The summed E-state index contributed by atoms with van der Waals surface area (Å²) in [6.45, 7) is 0.797. The number of carbonyl (C=O) groups excluding carboxylic acids is 1. The Morgan fingerprint density at radius 3 is 2.31 bits per heavy atom. The Morgan fingerprint density at radius 2 is 1.92 bits per heavy atom. The Hall–Kier alpha value is 0.430. The number of esters is 1. The molecule has 3 saturated carbocycles. The van der Waals surface area contributed by atoms with E-state index in [2.05, 4.69) is 0 Å². The minimum Gasteiger partial charge on any atom is -1.00 e. The van der Waals surface area contributed by atoms with E-state index in [-0.39, 0.29) is 42.4 Å². The summed E-state index contributed by atoms with van der Waals surface area (Å²) in [5, 5.41) is 0. The first kappa shape index (κ1) is 11.5. The zero-order valence-electron chi connectivity index (χ0n) is 9.55. The molecule has 13 heavy (non-hydrogen) atoms. The maximum absolute atomic E-state index is 11.2. The second-order valence-corrected chi connectivity index (χ2v) is 4.24. The second-order valence-electron chi connectivity index (χ2n) is 4.24. The molecular weight excluding hydrogens is 179 g/mol. The fourth-order valence-electron chi connectivity index (χ4n) is 2.89. The van der Waals surface area contributed by atoms with Gasteiger partial charge in [0.2, 0.25) is 0 Å². The maximum Gasteiger partial charge on any atom is 1.00 e. The van der Waals surface area contributed by atoms with Gasteiger partial charge in [-0.15, -0.1) is 0 Å². The smallest absolute Gasteiger partial charge is 1.00 e. The van der Waals surface area contributed by atoms with E-state index in [0.29, 0.717) is 5.41 Å². The molecule has 3 rings (SSSR count). The number of hydrogen-bond donors (Lipinski definition) is 0. The van der Waals surface area contributed by atoms with Crippen LogP contribution >= 0.6 is 0 Å². The van der Waals surface area contributed by atoms with Gasteiger partial charge in [-0.05, 0) is 24.7 Å². The van der Waals surface area contributed by atoms with Crippen molar-refractivity contribution in [3.63, 3.8) is 0 Å². The molecule has 70 valence electrons. The van der Waals surface area contributed by atoms with Gasteiger partial charge in [-0.2, -0.15) is 0 Å². The van der Waals surface area contributed by atoms with Crippen LogP contribution in [0.25, 0.3) is 0 Å². The fourth-order valence-corrected chi connectivity index (χ4v) is 2.89. The van der Waals surface area contributed by atoms with Crippen LogP contribution in [0.2, 0.25) is 0 Å². The Labute approximate surface area is 102 Å². The van der Waals surface area contributed by atoms with Crippen LogP contribution in [-0.2, 0) is 14.3 Å². The SMILES string of the molecule is COCC12CC(C(=O)OC)(C1)C2.[H-].[Na+]. The molecule has 0 aromatic carbocycles. The van der Waals surface area contributed by atoms with Crippen LogP contribution in [0.4, 0.5) is 0 Å². The van der Waals surface area contributed by atoms with Gasteiger partial charge in [0.25, 0.3) is 0 Å². The molecule has 3 nitrogen and oxygen atoms in total. The summed E-state index contributed by atoms with van der Waals surface area (Å²) >= 11 is 0. The molecule has 0 saturated heterocycles. The average molecular weight is 194 g/mol. The van der Waals surface area contributed by atoms with Crippen molar-refractivity contribution in [2.24, 2.45) is 10.8 Å². The summed E-state index contributed by atoms with van der Waals surface area (Å²) in [7, 11) is 3.18. The van der Waals surface area contributed by atoms with Gasteiger partial charge in [-0.3, -0.25) is 4.79 Å². The van der Waals surface area contributed by atoms with Crippen LogP contribution in [0.15, 0.2) is 0 Å². The van der Waals surface area contributed by atoms with Crippen LogP contribution < -0.4 is 29.6 Å². The summed E-state index contributed by atoms with van der Waals surface area (Å²) < 4.78 is 9.83. The predicted octanol–water partition coefficient (Wildman–Crippen LogP) is -1.91. The summed E-state index contributed by atoms with van der Waals surface area (Å²) in [6, 6.07) is 0. The molecule has 0 N–H and O–H groups in total. The van der Waals surface area contributed by atoms with Crippen molar-refractivity contribution in [2.75, 3.05) is 20.8 Å². The summed E-state index contributed by atoms with van der Waals surface area (Å²) in [5.41, 5.74) is 0.232. The van der Waals surface area contributed by atoms with Crippen LogP contribution in [0, 0.1) is 10.8 Å². The fraction of sp³-hybridized carbons (Fsp3) is 0.889. The van der Waals surface area contributed by atoms with E-state index in [0.717, 1.165) is 25.9 Å². The molecular formula is C9H15NaO3. The number of rotatable bonds is 3. The average Bonchev–Trinajstić information content (AvgIpc) is 1.92. The van der Waals surface area contributed by atoms with Gasteiger partial charge in [0.15, 0.2) is 0 Å². The molecule has 3 aliphatic carbocycles. The standard InChI is InChI=1S/C9H14O3.Na.H/c1-11-6-8-3-9(4-8,5-8)7(10)12-2;;/h3-6H2,1-2H3;;/q;+1;-1. The van der Waals surface area contributed by atoms with E-state index in [1.54, 1.807) is 7.11 Å². The molecule has 0 radical (unpaired) electrons. The summed E-state index contributed by atoms with van der Waals surface area (Å²) in [5.74, 6) is -0.0273. The van der Waals surface area contributed by atoms with Gasteiger partial charge >= 0.3 is 35.5 Å². The van der Waals surface area contributed by atoms with Crippen LogP contribution in [0.3, 0.4) is 0 Å². The summed E-state index contributed by atoms with van der Waals surface area (Å²) in [4.78, 5) is 11.2. The van der Waals surface area contributed by atoms with E-state index >= 15 is 0 Å². The molecule has 4 heteroatoms. The van der Waals surface area contributed by atoms with Crippen LogP contribution in [0.1, 0.15) is 20.7 Å². The quantitative estimate of drug-likeness (QED) is 0.388. The third-order valence-corrected chi connectivity index (χ3v) is 3.21. The van der Waals surface area contributed by atoms with Gasteiger partial charge in [0, 0.05) is 7.11 Å². The Bertz CT molecular complexity index is 212. The normalized spacial score (nSPS) is 39.5. The molecule has 0 amide bonds. The maximum atomic E-state index is 11.2. The molecule has 3 fully saturated rings. The minimum absolute atomic E-state index is 0. The summed E-state index contributed by atoms with van der Waals surface area (Å²) in [6.07, 6.45) is 2.92. The second kappa shape index (κ2) is 3.54. The van der Waals surface area contributed by atoms with Crippen molar-refractivity contribution < 1.29 is 45.3 Å². The minimum atomic E-state index is -0.104. The topological polar surface area (TPSA) is 35.5 Å². The molecule has 0 aromatic rings. The van der Waals surface area contributed by atoms with Crippen molar-refractivity contribution in [3.8, 4) is 0 Å². The zero-order chi connectivity index (χ0) is 8.82. The first-order valence-corrected chi connectivity index (χ1v) is 4.24. The largest absolute Gasteiger partial charge is 1.00 e. The van der Waals surface area contributed by atoms with Crippen molar-refractivity contribution in [1.29, 1.82) is 0 Å². The van der Waals surface area contributed by atoms with Crippen molar-refractivity contribution in [1.82, 2.24) is 0 Å². The number of ether oxygens (including phenoxy) is 2. The van der Waals surface area contributed by atoms with Crippen molar-refractivity contribution in [2.45, 2.75) is 19.3 Å². The monoisotopic (exact) mass is 194 g/mol. The third kappa shape index (κ3) is 1.46. The number of methoxy groups -OCH3 is 2. The number of carbonyl (C=O) groups is 1. The molecule has 0 spiro atoms. The van der Waals surface area contributed by atoms with E-state index in [1.807, 2.05) is 0 Å². The van der Waals surface area contributed by atoms with E-state index in [4.69, 9.17) is 9.47 Å². The van der Waals surface area contributed by atoms with Crippen LogP contribution in [0.5, 0.6) is 0 Å². The molecule has 2 bridgehead atoms. The molecule has 3 aliphatic rings. The van der Waals surface area contributed by atoms with E-state index in [9.17, 15) is 4.79 Å². The van der Waals surface area contributed by atoms with Gasteiger partial charge in [-0.1, -0.05) is 0 Å². The molecule has 0 aliphatic heterocycles. The molecule has 0 atom stereocenters. The van der Waals surface area contributed by atoms with E-state index < -0.39 is 0 Å². The van der Waals surface area contributed by atoms with Crippen molar-refractivity contribution >= 4 is 5.97 Å². The Balaban J connectivity index is 0.000000845. The van der Waals surface area contributed by atoms with Crippen molar-refractivity contribution in [3.05, 3.63) is 0 Å². The Morgan fingerprint density at radius 1 is 1.38 bits per heavy atom. The molecule has 0 heterocycles. The predicted molar refractivity (Wildman–Crippen MR) is 43.7 cm³/mol. The molecule has 0 unspecified atom stereocenters. The van der Waals surface area contributed by atoms with E-state index in [1.165, 1.54) is 7.11 Å². The number of hydrogen-bond acceptors (Lipinski definition) is 3. The van der Waals surface area contributed by atoms with Gasteiger partial charge in [0.05, 0.1) is 19.1 Å². The first-order valence-electron chi connectivity index (χ1n) is 4.24. The van der Waals surface area contributed by atoms with Crippen LogP contribution in [-0.4, -0.2) is 26.8 Å².